The second-order valence-corrected chi connectivity index (χ2v) is 3.34. The van der Waals surface area contributed by atoms with Crippen LogP contribution in [0.1, 0.15) is 22.3 Å². The third-order valence-electron chi connectivity index (χ3n) is 1.99. The molecule has 0 atom stereocenters. The molecular weight excluding hydrogens is 233 g/mol. The summed E-state index contributed by atoms with van der Waals surface area (Å²) in [7, 11) is 1.26. The van der Waals surface area contributed by atoms with Crippen LogP contribution >= 0.6 is 0 Å². The van der Waals surface area contributed by atoms with Gasteiger partial charge in [-0.3, -0.25) is 0 Å². The fraction of sp³-hybridized carbons (Fsp3) is 0.250. The van der Waals surface area contributed by atoms with Crippen LogP contribution in [0.3, 0.4) is 0 Å². The largest absolute Gasteiger partial charge is 0.465 e. The number of carbonyl (C=O) groups is 1. The second-order valence-electron chi connectivity index (χ2n) is 3.34. The van der Waals surface area contributed by atoms with Gasteiger partial charge in [0.15, 0.2) is 0 Å². The average molecular weight is 244 g/mol. The fourth-order valence-corrected chi connectivity index (χ4v) is 1.18. The number of rotatable bonds is 3. The predicted octanol–water partition coefficient (Wildman–Crippen LogP) is 3.44. The van der Waals surface area contributed by atoms with Crippen LogP contribution in [-0.4, -0.2) is 19.3 Å². The van der Waals surface area contributed by atoms with Crippen LogP contribution < -0.4 is 0 Å². The second kappa shape index (κ2) is 5.52. The first-order chi connectivity index (χ1) is 7.92. The van der Waals surface area contributed by atoms with E-state index < -0.39 is 18.6 Å². The lowest BCUT2D eigenvalue weighted by Gasteiger charge is -2.01. The van der Waals surface area contributed by atoms with Crippen LogP contribution in [0, 0.1) is 0 Å². The van der Waals surface area contributed by atoms with E-state index in [0.29, 0.717) is 11.1 Å². The van der Waals surface area contributed by atoms with Crippen molar-refractivity contribution in [2.45, 2.75) is 12.6 Å². The van der Waals surface area contributed by atoms with Crippen LogP contribution in [0.25, 0.3) is 6.08 Å². The predicted molar refractivity (Wildman–Crippen MR) is 57.5 cm³/mol. The van der Waals surface area contributed by atoms with Crippen LogP contribution in [0.5, 0.6) is 0 Å². The Kier molecular flexibility index (Phi) is 4.31. The summed E-state index contributed by atoms with van der Waals surface area (Å²) in [5.74, 6) is -0.476. The van der Waals surface area contributed by atoms with Crippen molar-refractivity contribution in [3.8, 4) is 0 Å². The molecule has 0 spiro atoms. The molecule has 0 saturated heterocycles. The number of ether oxygens (including phenoxy) is 1. The molecule has 0 aliphatic heterocycles. The molecule has 2 nitrogen and oxygen atoms in total. The number of methoxy groups -OCH3 is 1. The van der Waals surface area contributed by atoms with E-state index in [1.54, 1.807) is 12.1 Å². The molecule has 0 saturated carbocycles. The summed E-state index contributed by atoms with van der Waals surface area (Å²) in [6.07, 6.45) is -2.77. The van der Waals surface area contributed by atoms with E-state index in [1.807, 2.05) is 0 Å². The maximum absolute atomic E-state index is 11.9. The number of hydrogen-bond donors (Lipinski definition) is 0. The Bertz CT molecular complexity index is 405. The molecule has 1 aromatic rings. The van der Waals surface area contributed by atoms with Gasteiger partial charge in [-0.15, -0.1) is 0 Å². The summed E-state index contributed by atoms with van der Waals surface area (Å²) in [5, 5.41) is 0. The Morgan fingerprint density at radius 1 is 1.29 bits per heavy atom. The van der Waals surface area contributed by atoms with E-state index in [9.17, 15) is 18.0 Å². The Balaban J connectivity index is 2.66. The number of halogens is 3. The Morgan fingerprint density at radius 2 is 1.88 bits per heavy atom. The summed E-state index contributed by atoms with van der Waals surface area (Å²) in [4.78, 5) is 11.1. The molecule has 0 bridgehead atoms. The molecule has 0 aliphatic rings. The van der Waals surface area contributed by atoms with Crippen molar-refractivity contribution in [3.05, 3.63) is 41.5 Å². The molecule has 5 heteroatoms. The highest BCUT2D eigenvalue weighted by molar-refractivity contribution is 5.89. The van der Waals surface area contributed by atoms with Crippen LogP contribution in [0.2, 0.25) is 0 Å². The molecule has 0 N–H and O–H groups in total. The van der Waals surface area contributed by atoms with Crippen molar-refractivity contribution in [1.82, 2.24) is 0 Å². The summed E-state index contributed by atoms with van der Waals surface area (Å²) in [5.41, 5.74) is 0.961. The molecule has 92 valence electrons. The van der Waals surface area contributed by atoms with Crippen molar-refractivity contribution in [2.24, 2.45) is 0 Å². The maximum atomic E-state index is 11.9. The standard InChI is InChI=1S/C12H11F3O2/c1-17-11(16)10-6-4-9(5-7-10)3-2-8-12(13,14)15/h2-7H,8H2,1H3. The lowest BCUT2D eigenvalue weighted by atomic mass is 10.1. The summed E-state index contributed by atoms with van der Waals surface area (Å²) >= 11 is 0. The third-order valence-corrected chi connectivity index (χ3v) is 1.99. The van der Waals surface area contributed by atoms with Gasteiger partial charge in [0, 0.05) is 0 Å². The Hall–Kier alpha value is -1.78. The van der Waals surface area contributed by atoms with Crippen molar-refractivity contribution in [3.63, 3.8) is 0 Å². The van der Waals surface area contributed by atoms with Gasteiger partial charge in [-0.1, -0.05) is 24.3 Å². The van der Waals surface area contributed by atoms with Gasteiger partial charge in [0.25, 0.3) is 0 Å². The number of esters is 1. The van der Waals surface area contributed by atoms with Gasteiger partial charge in [-0.2, -0.15) is 13.2 Å². The number of allylic oxidation sites excluding steroid dienone is 1. The first-order valence-electron chi connectivity index (χ1n) is 4.84. The lowest BCUT2D eigenvalue weighted by Crippen LogP contribution is -2.03. The zero-order chi connectivity index (χ0) is 12.9. The van der Waals surface area contributed by atoms with Gasteiger partial charge in [-0.05, 0) is 17.7 Å². The van der Waals surface area contributed by atoms with E-state index in [0.717, 1.165) is 6.08 Å². The quantitative estimate of drug-likeness (QED) is 0.761. The Morgan fingerprint density at radius 3 is 2.35 bits per heavy atom. The van der Waals surface area contributed by atoms with E-state index in [1.165, 1.54) is 25.3 Å². The highest BCUT2D eigenvalue weighted by atomic mass is 19.4. The van der Waals surface area contributed by atoms with Gasteiger partial charge in [0.2, 0.25) is 0 Å². The minimum absolute atomic E-state index is 0.362. The summed E-state index contributed by atoms with van der Waals surface area (Å²) < 4.78 is 40.1. The monoisotopic (exact) mass is 244 g/mol. The molecule has 1 rings (SSSR count). The first kappa shape index (κ1) is 13.3. The van der Waals surface area contributed by atoms with Gasteiger partial charge < -0.3 is 4.74 Å². The van der Waals surface area contributed by atoms with Crippen molar-refractivity contribution in [1.29, 1.82) is 0 Å². The number of hydrogen-bond acceptors (Lipinski definition) is 2. The Labute approximate surface area is 96.7 Å². The van der Waals surface area contributed by atoms with Crippen molar-refractivity contribution in [2.75, 3.05) is 7.11 Å². The highest BCUT2D eigenvalue weighted by Gasteiger charge is 2.24. The number of carbonyl (C=O) groups excluding carboxylic acids is 1. The van der Waals surface area contributed by atoms with E-state index in [2.05, 4.69) is 4.74 Å². The smallest absolute Gasteiger partial charge is 0.392 e. The maximum Gasteiger partial charge on any atom is 0.392 e. The fourth-order valence-electron chi connectivity index (χ4n) is 1.18. The van der Waals surface area contributed by atoms with Crippen molar-refractivity contribution >= 4 is 12.0 Å². The SMILES string of the molecule is COC(=O)c1ccc(C=CCC(F)(F)F)cc1. The third kappa shape index (κ3) is 4.72. The number of alkyl halides is 3. The molecule has 0 radical (unpaired) electrons. The molecule has 0 heterocycles. The molecule has 0 aliphatic carbocycles. The molecule has 0 unspecified atom stereocenters. The van der Waals surface area contributed by atoms with Crippen molar-refractivity contribution < 1.29 is 22.7 Å². The molecule has 0 fully saturated rings. The molecule has 1 aromatic carbocycles. The van der Waals surface area contributed by atoms with Crippen LogP contribution in [0.4, 0.5) is 13.2 Å². The highest BCUT2D eigenvalue weighted by Crippen LogP contribution is 2.20. The van der Waals surface area contributed by atoms with E-state index in [-0.39, 0.29) is 0 Å². The molecular formula is C12H11F3O2. The van der Waals surface area contributed by atoms with Gasteiger partial charge >= 0.3 is 12.1 Å². The molecule has 17 heavy (non-hydrogen) atoms. The van der Waals surface area contributed by atoms with Gasteiger partial charge in [0.05, 0.1) is 19.1 Å². The normalized spacial score (nSPS) is 11.8. The summed E-state index contributed by atoms with van der Waals surface area (Å²) in [6.45, 7) is 0. The first-order valence-corrected chi connectivity index (χ1v) is 4.84. The van der Waals surface area contributed by atoms with E-state index in [4.69, 9.17) is 0 Å². The molecule has 0 amide bonds. The van der Waals surface area contributed by atoms with Crippen LogP contribution in [0.15, 0.2) is 30.3 Å². The molecule has 0 aromatic heterocycles. The zero-order valence-corrected chi connectivity index (χ0v) is 9.12. The minimum Gasteiger partial charge on any atom is -0.465 e. The van der Waals surface area contributed by atoms with Crippen LogP contribution in [-0.2, 0) is 4.74 Å². The zero-order valence-electron chi connectivity index (χ0n) is 9.12. The topological polar surface area (TPSA) is 26.3 Å². The minimum atomic E-state index is -4.19. The average Bonchev–Trinajstić information content (AvgIpc) is 2.27. The number of benzene rings is 1. The van der Waals surface area contributed by atoms with E-state index >= 15 is 0 Å². The van der Waals surface area contributed by atoms with Gasteiger partial charge in [0.1, 0.15) is 0 Å². The lowest BCUT2D eigenvalue weighted by molar-refractivity contribution is -0.124. The van der Waals surface area contributed by atoms with Gasteiger partial charge in [-0.25, -0.2) is 4.79 Å². The summed E-state index contributed by atoms with van der Waals surface area (Å²) in [6, 6.07) is 6.11.